The van der Waals surface area contributed by atoms with Crippen LogP contribution in [0.25, 0.3) is 0 Å². The van der Waals surface area contributed by atoms with Crippen LogP contribution in [-0.4, -0.2) is 18.0 Å². The zero-order valence-electron chi connectivity index (χ0n) is 15.2. The Morgan fingerprint density at radius 2 is 2.07 bits per heavy atom. The summed E-state index contributed by atoms with van der Waals surface area (Å²) in [6.07, 6.45) is 0.968. The molecule has 0 aliphatic carbocycles. The topological polar surface area (TPSA) is 51.2 Å². The van der Waals surface area contributed by atoms with Crippen LogP contribution in [0.5, 0.6) is 5.75 Å². The van der Waals surface area contributed by atoms with Crippen LogP contribution in [0.4, 0.5) is 0 Å². The van der Waals surface area contributed by atoms with Crippen LogP contribution >= 0.6 is 22.9 Å². The van der Waals surface area contributed by atoms with Gasteiger partial charge in [-0.25, -0.2) is 4.98 Å². The standard InChI is InChI=1S/C21H21ClN2O2S/c1-14(18-8-3-4-9-19(18)26-2)23-20(25)12-17-13-27-21(24-17)11-15-6-5-7-16(22)10-15/h3-10,13-14H,11-12H2,1-2H3,(H,23,25). The highest BCUT2D eigenvalue weighted by atomic mass is 35.5. The van der Waals surface area contributed by atoms with Gasteiger partial charge in [-0.05, 0) is 30.7 Å². The number of amides is 1. The molecule has 0 aliphatic rings. The summed E-state index contributed by atoms with van der Waals surface area (Å²) in [6.45, 7) is 1.95. The lowest BCUT2D eigenvalue weighted by Gasteiger charge is -2.17. The number of hydrogen-bond acceptors (Lipinski definition) is 4. The second-order valence-corrected chi connectivity index (χ2v) is 7.63. The Hall–Kier alpha value is -2.37. The first-order valence-electron chi connectivity index (χ1n) is 8.65. The second kappa shape index (κ2) is 9.02. The normalized spacial score (nSPS) is 11.8. The van der Waals surface area contributed by atoms with Gasteiger partial charge in [0.2, 0.25) is 5.91 Å². The minimum absolute atomic E-state index is 0.0620. The Morgan fingerprint density at radius 3 is 2.85 bits per heavy atom. The number of carbonyl (C=O) groups is 1. The lowest BCUT2D eigenvalue weighted by Crippen LogP contribution is -2.28. The van der Waals surface area contributed by atoms with E-state index in [-0.39, 0.29) is 18.4 Å². The van der Waals surface area contributed by atoms with E-state index in [1.807, 2.05) is 60.8 Å². The van der Waals surface area contributed by atoms with Crippen LogP contribution < -0.4 is 10.1 Å². The van der Waals surface area contributed by atoms with E-state index in [1.165, 1.54) is 0 Å². The van der Waals surface area contributed by atoms with Gasteiger partial charge in [0.15, 0.2) is 0 Å². The molecule has 0 bridgehead atoms. The van der Waals surface area contributed by atoms with Gasteiger partial charge in [-0.2, -0.15) is 0 Å². The number of halogens is 1. The zero-order valence-corrected chi connectivity index (χ0v) is 16.8. The fourth-order valence-electron chi connectivity index (χ4n) is 2.89. The smallest absolute Gasteiger partial charge is 0.226 e. The lowest BCUT2D eigenvalue weighted by atomic mass is 10.1. The highest BCUT2D eigenvalue weighted by Crippen LogP contribution is 2.24. The number of carbonyl (C=O) groups excluding carboxylic acids is 1. The fourth-order valence-corrected chi connectivity index (χ4v) is 3.93. The molecule has 6 heteroatoms. The molecule has 0 spiro atoms. The molecule has 27 heavy (non-hydrogen) atoms. The van der Waals surface area contributed by atoms with Crippen LogP contribution in [0.2, 0.25) is 5.02 Å². The third kappa shape index (κ3) is 5.31. The lowest BCUT2D eigenvalue weighted by molar-refractivity contribution is -0.121. The molecular formula is C21H21ClN2O2S. The number of methoxy groups -OCH3 is 1. The summed E-state index contributed by atoms with van der Waals surface area (Å²) >= 11 is 7.59. The summed E-state index contributed by atoms with van der Waals surface area (Å²) in [5, 5.41) is 6.64. The van der Waals surface area contributed by atoms with Crippen molar-refractivity contribution < 1.29 is 9.53 Å². The van der Waals surface area contributed by atoms with Crippen LogP contribution in [0.3, 0.4) is 0 Å². The molecule has 3 rings (SSSR count). The first-order valence-corrected chi connectivity index (χ1v) is 9.91. The minimum atomic E-state index is -0.141. The highest BCUT2D eigenvalue weighted by molar-refractivity contribution is 7.09. The molecule has 0 aliphatic heterocycles. The third-order valence-electron chi connectivity index (χ3n) is 4.17. The second-order valence-electron chi connectivity index (χ2n) is 6.25. The van der Waals surface area contributed by atoms with E-state index in [9.17, 15) is 4.79 Å². The SMILES string of the molecule is COc1ccccc1C(C)NC(=O)Cc1csc(Cc2cccc(Cl)c2)n1. The molecule has 1 atom stereocenters. The molecule has 1 amide bonds. The number of nitrogens with one attached hydrogen (secondary N) is 1. The molecule has 0 saturated carbocycles. The number of hydrogen-bond donors (Lipinski definition) is 1. The van der Waals surface area contributed by atoms with E-state index in [1.54, 1.807) is 18.4 Å². The first kappa shape index (κ1) is 19.4. The van der Waals surface area contributed by atoms with Gasteiger partial charge < -0.3 is 10.1 Å². The number of thiazole rings is 1. The van der Waals surface area contributed by atoms with Crippen molar-refractivity contribution in [3.63, 3.8) is 0 Å². The average molecular weight is 401 g/mol. The molecule has 1 heterocycles. The van der Waals surface area contributed by atoms with Gasteiger partial charge in [0.1, 0.15) is 5.75 Å². The number of aromatic nitrogens is 1. The van der Waals surface area contributed by atoms with Crippen molar-refractivity contribution in [2.24, 2.45) is 0 Å². The van der Waals surface area contributed by atoms with Crippen LogP contribution in [0, 0.1) is 0 Å². The van der Waals surface area contributed by atoms with Crippen LogP contribution in [-0.2, 0) is 17.6 Å². The molecule has 0 saturated heterocycles. The summed E-state index contributed by atoms with van der Waals surface area (Å²) in [4.78, 5) is 17.0. The Balaban J connectivity index is 1.59. The number of nitrogens with zero attached hydrogens (tertiary/aromatic N) is 1. The summed E-state index contributed by atoms with van der Waals surface area (Å²) in [7, 11) is 1.63. The van der Waals surface area contributed by atoms with Crippen molar-refractivity contribution in [2.75, 3.05) is 7.11 Å². The Labute approximate surface area is 168 Å². The largest absolute Gasteiger partial charge is 0.496 e. The molecule has 0 radical (unpaired) electrons. The van der Waals surface area contributed by atoms with E-state index >= 15 is 0 Å². The Morgan fingerprint density at radius 1 is 1.26 bits per heavy atom. The molecule has 4 nitrogen and oxygen atoms in total. The molecule has 1 N–H and O–H groups in total. The summed E-state index contributed by atoms with van der Waals surface area (Å²) in [6, 6.07) is 15.3. The molecule has 1 unspecified atom stereocenters. The fraction of sp³-hybridized carbons (Fsp3) is 0.238. The summed E-state index contributed by atoms with van der Waals surface area (Å²) in [5.41, 5.74) is 2.84. The van der Waals surface area contributed by atoms with Crippen molar-refractivity contribution in [2.45, 2.75) is 25.8 Å². The predicted octanol–water partition coefficient (Wildman–Crippen LogP) is 4.82. The van der Waals surface area contributed by atoms with Gasteiger partial charge in [-0.3, -0.25) is 4.79 Å². The number of para-hydroxylation sites is 1. The number of benzene rings is 2. The molecule has 3 aromatic rings. The van der Waals surface area contributed by atoms with Crippen molar-refractivity contribution in [3.8, 4) is 5.75 Å². The maximum absolute atomic E-state index is 12.4. The quantitative estimate of drug-likeness (QED) is 0.618. The van der Waals surface area contributed by atoms with Crippen molar-refractivity contribution in [1.82, 2.24) is 10.3 Å². The monoisotopic (exact) mass is 400 g/mol. The molecule has 140 valence electrons. The molecule has 0 fully saturated rings. The van der Waals surface area contributed by atoms with Crippen LogP contribution in [0.15, 0.2) is 53.9 Å². The van der Waals surface area contributed by atoms with E-state index in [4.69, 9.17) is 16.3 Å². The van der Waals surface area contributed by atoms with E-state index in [0.29, 0.717) is 11.4 Å². The van der Waals surface area contributed by atoms with Gasteiger partial charge in [0.05, 0.1) is 30.3 Å². The summed E-state index contributed by atoms with van der Waals surface area (Å²) < 4.78 is 5.36. The van der Waals surface area contributed by atoms with Crippen molar-refractivity contribution >= 4 is 28.8 Å². The van der Waals surface area contributed by atoms with Gasteiger partial charge in [-0.15, -0.1) is 11.3 Å². The number of ether oxygens (including phenoxy) is 1. The van der Waals surface area contributed by atoms with E-state index in [0.717, 1.165) is 27.6 Å². The van der Waals surface area contributed by atoms with Crippen molar-refractivity contribution in [1.29, 1.82) is 0 Å². The van der Waals surface area contributed by atoms with Gasteiger partial charge in [0, 0.05) is 22.4 Å². The zero-order chi connectivity index (χ0) is 19.2. The Bertz CT molecular complexity index is 926. The van der Waals surface area contributed by atoms with E-state index < -0.39 is 0 Å². The summed E-state index contributed by atoms with van der Waals surface area (Å²) in [5.74, 6) is 0.704. The first-order chi connectivity index (χ1) is 13.0. The number of rotatable bonds is 7. The molecular weight excluding hydrogens is 380 g/mol. The van der Waals surface area contributed by atoms with Crippen molar-refractivity contribution in [3.05, 3.63) is 80.8 Å². The Kier molecular flexibility index (Phi) is 6.48. The minimum Gasteiger partial charge on any atom is -0.496 e. The van der Waals surface area contributed by atoms with Crippen LogP contribution in [0.1, 0.15) is 34.8 Å². The highest BCUT2D eigenvalue weighted by Gasteiger charge is 2.15. The molecule has 1 aromatic heterocycles. The van der Waals surface area contributed by atoms with Gasteiger partial charge >= 0.3 is 0 Å². The third-order valence-corrected chi connectivity index (χ3v) is 5.30. The average Bonchev–Trinajstić information content (AvgIpc) is 3.08. The maximum Gasteiger partial charge on any atom is 0.226 e. The van der Waals surface area contributed by atoms with E-state index in [2.05, 4.69) is 10.3 Å². The maximum atomic E-state index is 12.4. The van der Waals surface area contributed by atoms with Gasteiger partial charge in [0.25, 0.3) is 0 Å². The molecule has 2 aromatic carbocycles. The van der Waals surface area contributed by atoms with Gasteiger partial charge in [-0.1, -0.05) is 41.9 Å². The predicted molar refractivity (Wildman–Crippen MR) is 110 cm³/mol.